The molecule has 0 bridgehead atoms. The van der Waals surface area contributed by atoms with E-state index in [0.717, 1.165) is 21.8 Å². The summed E-state index contributed by atoms with van der Waals surface area (Å²) >= 11 is 3.44. The Kier molecular flexibility index (Phi) is 6.59. The zero-order valence-corrected chi connectivity index (χ0v) is 18.2. The van der Waals surface area contributed by atoms with Crippen molar-refractivity contribution in [2.75, 3.05) is 25.5 Å². The average Bonchev–Trinajstić information content (AvgIpc) is 3.03. The van der Waals surface area contributed by atoms with Crippen molar-refractivity contribution >= 4 is 44.4 Å². The molecule has 0 atom stereocenters. The monoisotopic (exact) mass is 458 g/mol. The van der Waals surface area contributed by atoms with Gasteiger partial charge in [0.05, 0.1) is 12.8 Å². The van der Waals surface area contributed by atoms with Gasteiger partial charge in [0.2, 0.25) is 5.91 Å². The molecule has 0 spiro atoms. The minimum Gasteiger partial charge on any atom is -0.495 e. The van der Waals surface area contributed by atoms with Crippen LogP contribution in [-0.4, -0.2) is 36.9 Å². The summed E-state index contributed by atoms with van der Waals surface area (Å²) in [6, 6.07) is 12.8. The van der Waals surface area contributed by atoms with E-state index in [9.17, 15) is 9.59 Å². The Morgan fingerprint density at radius 2 is 1.97 bits per heavy atom. The van der Waals surface area contributed by atoms with Gasteiger partial charge in [-0.1, -0.05) is 35.0 Å². The van der Waals surface area contributed by atoms with Crippen LogP contribution in [0.2, 0.25) is 0 Å². The Morgan fingerprint density at radius 3 is 2.69 bits per heavy atom. The van der Waals surface area contributed by atoms with E-state index in [1.54, 1.807) is 19.2 Å². The van der Waals surface area contributed by atoms with Crippen LogP contribution in [0.5, 0.6) is 5.75 Å². The summed E-state index contributed by atoms with van der Waals surface area (Å²) in [7, 11) is 1.54. The fourth-order valence-electron chi connectivity index (χ4n) is 3.17. The van der Waals surface area contributed by atoms with Crippen LogP contribution < -0.4 is 10.1 Å². The number of amides is 2. The lowest BCUT2D eigenvalue weighted by molar-refractivity contribution is -0.116. The number of furan rings is 1. The number of anilines is 1. The Hall–Kier alpha value is -2.80. The third-order valence-electron chi connectivity index (χ3n) is 4.59. The van der Waals surface area contributed by atoms with Gasteiger partial charge in [0.1, 0.15) is 17.9 Å². The molecule has 0 aliphatic carbocycles. The first kappa shape index (κ1) is 20.9. The van der Waals surface area contributed by atoms with Crippen molar-refractivity contribution in [1.29, 1.82) is 0 Å². The third kappa shape index (κ3) is 4.62. The van der Waals surface area contributed by atoms with E-state index in [-0.39, 0.29) is 24.1 Å². The van der Waals surface area contributed by atoms with Crippen LogP contribution >= 0.6 is 15.9 Å². The first-order valence-corrected chi connectivity index (χ1v) is 10.1. The molecule has 6 nitrogen and oxygen atoms in total. The number of para-hydroxylation sites is 2. The number of carbonyl (C=O) groups excluding carboxylic acids is 2. The van der Waals surface area contributed by atoms with Crippen molar-refractivity contribution in [3.63, 3.8) is 0 Å². The van der Waals surface area contributed by atoms with Gasteiger partial charge in [0.15, 0.2) is 5.76 Å². The molecule has 152 valence electrons. The summed E-state index contributed by atoms with van der Waals surface area (Å²) in [5.74, 6) is 0.226. The standard InChI is InChI=1S/C22H23BrN2O4/c1-4-11-25(13-20(26)24-17-7-5-6-8-19(17)28-3)22(27)21-14(2)16-12-15(23)9-10-18(16)29-21/h5-10,12H,4,11,13H2,1-3H3,(H,24,26). The number of hydrogen-bond acceptors (Lipinski definition) is 4. The lowest BCUT2D eigenvalue weighted by atomic mass is 10.1. The van der Waals surface area contributed by atoms with Crippen LogP contribution in [0, 0.1) is 6.92 Å². The molecule has 29 heavy (non-hydrogen) atoms. The maximum atomic E-state index is 13.1. The fraction of sp³-hybridized carbons (Fsp3) is 0.273. The lowest BCUT2D eigenvalue weighted by Gasteiger charge is -2.21. The molecular formula is C22H23BrN2O4. The van der Waals surface area contributed by atoms with E-state index >= 15 is 0 Å². The van der Waals surface area contributed by atoms with Crippen LogP contribution in [0.4, 0.5) is 5.69 Å². The number of halogens is 1. The second-order valence-corrected chi connectivity index (χ2v) is 7.59. The quantitative estimate of drug-likeness (QED) is 0.540. The molecule has 3 aromatic rings. The van der Waals surface area contributed by atoms with Crippen molar-refractivity contribution < 1.29 is 18.7 Å². The molecule has 0 saturated carbocycles. The Bertz CT molecular complexity index is 1040. The Labute approximate surface area is 177 Å². The number of fused-ring (bicyclic) bond motifs is 1. The van der Waals surface area contributed by atoms with Crippen LogP contribution in [-0.2, 0) is 4.79 Å². The largest absolute Gasteiger partial charge is 0.495 e. The van der Waals surface area contributed by atoms with Gasteiger partial charge < -0.3 is 19.4 Å². The maximum Gasteiger partial charge on any atom is 0.290 e. The first-order chi connectivity index (χ1) is 13.9. The predicted octanol–water partition coefficient (Wildman–Crippen LogP) is 5.00. The first-order valence-electron chi connectivity index (χ1n) is 9.35. The molecule has 0 unspecified atom stereocenters. The Balaban J connectivity index is 1.81. The van der Waals surface area contributed by atoms with Gasteiger partial charge >= 0.3 is 0 Å². The third-order valence-corrected chi connectivity index (χ3v) is 5.08. The summed E-state index contributed by atoms with van der Waals surface area (Å²) in [4.78, 5) is 27.2. The van der Waals surface area contributed by atoms with Gasteiger partial charge in [-0.2, -0.15) is 0 Å². The number of benzene rings is 2. The minimum atomic E-state index is -0.299. The molecule has 0 fully saturated rings. The van der Waals surface area contributed by atoms with Gasteiger partial charge in [0, 0.05) is 22.0 Å². The lowest BCUT2D eigenvalue weighted by Crippen LogP contribution is -2.38. The van der Waals surface area contributed by atoms with E-state index in [1.807, 2.05) is 44.2 Å². The molecule has 1 aromatic heterocycles. The van der Waals surface area contributed by atoms with Crippen LogP contribution in [0.1, 0.15) is 29.5 Å². The van der Waals surface area contributed by atoms with E-state index in [0.29, 0.717) is 23.6 Å². The molecule has 7 heteroatoms. The van der Waals surface area contributed by atoms with Crippen LogP contribution in [0.25, 0.3) is 11.0 Å². The van der Waals surface area contributed by atoms with E-state index in [4.69, 9.17) is 9.15 Å². The number of rotatable bonds is 7. The number of nitrogens with zero attached hydrogens (tertiary/aromatic N) is 1. The average molecular weight is 459 g/mol. The smallest absolute Gasteiger partial charge is 0.290 e. The molecule has 1 heterocycles. The highest BCUT2D eigenvalue weighted by atomic mass is 79.9. The van der Waals surface area contributed by atoms with E-state index < -0.39 is 0 Å². The van der Waals surface area contributed by atoms with Crippen LogP contribution in [0.3, 0.4) is 0 Å². The summed E-state index contributed by atoms with van der Waals surface area (Å²) < 4.78 is 12.0. The number of nitrogens with one attached hydrogen (secondary N) is 1. The van der Waals surface area contributed by atoms with Crippen molar-refractivity contribution in [3.8, 4) is 5.75 Å². The number of methoxy groups -OCH3 is 1. The highest BCUT2D eigenvalue weighted by Crippen LogP contribution is 2.29. The molecular weight excluding hydrogens is 436 g/mol. The maximum absolute atomic E-state index is 13.1. The highest BCUT2D eigenvalue weighted by Gasteiger charge is 2.25. The van der Waals surface area contributed by atoms with E-state index in [2.05, 4.69) is 21.2 Å². The zero-order valence-electron chi connectivity index (χ0n) is 16.6. The second-order valence-electron chi connectivity index (χ2n) is 6.67. The molecule has 0 saturated heterocycles. The molecule has 2 aromatic carbocycles. The van der Waals surface area contributed by atoms with Gasteiger partial charge in [-0.15, -0.1) is 0 Å². The highest BCUT2D eigenvalue weighted by molar-refractivity contribution is 9.10. The second kappa shape index (κ2) is 9.13. The molecule has 3 rings (SSSR count). The van der Waals surface area contributed by atoms with Gasteiger partial charge in [-0.3, -0.25) is 9.59 Å². The number of hydrogen-bond donors (Lipinski definition) is 1. The number of aryl methyl sites for hydroxylation is 1. The van der Waals surface area contributed by atoms with Gasteiger partial charge in [-0.05, 0) is 43.7 Å². The van der Waals surface area contributed by atoms with Gasteiger partial charge in [-0.25, -0.2) is 0 Å². The Morgan fingerprint density at radius 1 is 1.21 bits per heavy atom. The molecule has 0 radical (unpaired) electrons. The molecule has 2 amide bonds. The summed E-state index contributed by atoms with van der Waals surface area (Å²) in [6.45, 7) is 4.18. The van der Waals surface area contributed by atoms with Crippen molar-refractivity contribution in [2.45, 2.75) is 20.3 Å². The normalized spacial score (nSPS) is 10.8. The summed E-state index contributed by atoms with van der Waals surface area (Å²) in [5.41, 5.74) is 1.97. The van der Waals surface area contributed by atoms with Crippen LogP contribution in [0.15, 0.2) is 51.4 Å². The van der Waals surface area contributed by atoms with E-state index in [1.165, 1.54) is 4.90 Å². The molecule has 0 aliphatic heterocycles. The summed E-state index contributed by atoms with van der Waals surface area (Å²) in [6.07, 6.45) is 0.721. The van der Waals surface area contributed by atoms with Gasteiger partial charge in [0.25, 0.3) is 5.91 Å². The van der Waals surface area contributed by atoms with Crippen molar-refractivity contribution in [2.24, 2.45) is 0 Å². The molecule has 1 N–H and O–H groups in total. The fourth-order valence-corrected chi connectivity index (χ4v) is 3.54. The number of ether oxygens (including phenoxy) is 1. The van der Waals surface area contributed by atoms with Crippen molar-refractivity contribution in [3.05, 3.63) is 58.3 Å². The topological polar surface area (TPSA) is 71.8 Å². The minimum absolute atomic E-state index is 0.0785. The SMILES string of the molecule is CCCN(CC(=O)Nc1ccccc1OC)C(=O)c1oc2ccc(Br)cc2c1C. The predicted molar refractivity (Wildman–Crippen MR) is 116 cm³/mol. The number of carbonyl (C=O) groups is 2. The van der Waals surface area contributed by atoms with Crippen molar-refractivity contribution in [1.82, 2.24) is 4.90 Å². The summed E-state index contributed by atoms with van der Waals surface area (Å²) in [5, 5.41) is 3.68. The molecule has 0 aliphatic rings. The zero-order chi connectivity index (χ0) is 21.0.